The fraction of sp³-hybridized carbons (Fsp3) is 0.867. The Hall–Kier alpha value is -0.680. The maximum atomic E-state index is 12.5. The van der Waals surface area contributed by atoms with Gasteiger partial charge in [0.1, 0.15) is 0 Å². The fourth-order valence-corrected chi connectivity index (χ4v) is 3.25. The molecular weight excluding hydrogens is 270 g/mol. The smallest absolute Gasteiger partial charge is 0.233 e. The van der Waals surface area contributed by atoms with Crippen molar-refractivity contribution in [3.8, 4) is 0 Å². The summed E-state index contributed by atoms with van der Waals surface area (Å²) in [6.07, 6.45) is 5.86. The summed E-state index contributed by atoms with van der Waals surface area (Å²) in [5.41, 5.74) is 5.28. The van der Waals surface area contributed by atoms with E-state index in [0.717, 1.165) is 51.7 Å². The molecule has 0 spiro atoms. The molecule has 0 heterocycles. The first-order valence-electron chi connectivity index (χ1n) is 7.87. The zero-order valence-electron chi connectivity index (χ0n) is 12.9. The summed E-state index contributed by atoms with van der Waals surface area (Å²) < 4.78 is 0. The van der Waals surface area contributed by atoms with Gasteiger partial charge in [-0.05, 0) is 38.9 Å². The number of hydrogen-bond donors (Lipinski definition) is 2. The number of nitrogens with one attached hydrogen (secondary N) is 1. The van der Waals surface area contributed by atoms with E-state index >= 15 is 0 Å². The van der Waals surface area contributed by atoms with Gasteiger partial charge in [-0.1, -0.05) is 45.3 Å². The van der Waals surface area contributed by atoms with Crippen LogP contribution < -0.4 is 11.1 Å². The van der Waals surface area contributed by atoms with Crippen molar-refractivity contribution in [2.45, 2.75) is 52.4 Å². The molecule has 0 radical (unpaired) electrons. The third-order valence-electron chi connectivity index (χ3n) is 4.44. The minimum Gasteiger partial charge on any atom is -0.392 e. The van der Waals surface area contributed by atoms with Crippen LogP contribution >= 0.6 is 12.2 Å². The topological polar surface area (TPSA) is 58.4 Å². The molecule has 116 valence electrons. The molecule has 1 saturated carbocycles. The molecule has 1 rings (SSSR count). The lowest BCUT2D eigenvalue weighted by Gasteiger charge is -2.34. The van der Waals surface area contributed by atoms with Crippen LogP contribution in [0.25, 0.3) is 0 Å². The van der Waals surface area contributed by atoms with Crippen LogP contribution in [0.3, 0.4) is 0 Å². The average Bonchev–Trinajstić information content (AvgIpc) is 2.47. The van der Waals surface area contributed by atoms with Crippen LogP contribution in [-0.4, -0.2) is 42.0 Å². The Balaban J connectivity index is 2.41. The van der Waals surface area contributed by atoms with Crippen molar-refractivity contribution in [3.05, 3.63) is 0 Å². The zero-order chi connectivity index (χ0) is 15.0. The van der Waals surface area contributed by atoms with Crippen LogP contribution in [0.5, 0.6) is 0 Å². The van der Waals surface area contributed by atoms with E-state index in [1.807, 2.05) is 0 Å². The summed E-state index contributed by atoms with van der Waals surface area (Å²) in [7, 11) is 0. The Kier molecular flexibility index (Phi) is 7.45. The van der Waals surface area contributed by atoms with Gasteiger partial charge in [-0.25, -0.2) is 0 Å². The van der Waals surface area contributed by atoms with Gasteiger partial charge >= 0.3 is 0 Å². The molecule has 3 N–H and O–H groups in total. The van der Waals surface area contributed by atoms with Crippen LogP contribution in [0.1, 0.15) is 52.4 Å². The number of carbonyl (C=O) groups is 1. The molecule has 0 aromatic rings. The Labute approximate surface area is 128 Å². The summed E-state index contributed by atoms with van der Waals surface area (Å²) in [4.78, 5) is 15.2. The van der Waals surface area contributed by atoms with Crippen LogP contribution in [0.4, 0.5) is 0 Å². The maximum absolute atomic E-state index is 12.5. The highest BCUT2D eigenvalue weighted by atomic mass is 32.1. The quantitative estimate of drug-likeness (QED) is 0.532. The lowest BCUT2D eigenvalue weighted by atomic mass is 9.73. The zero-order valence-corrected chi connectivity index (χ0v) is 13.7. The van der Waals surface area contributed by atoms with E-state index in [4.69, 9.17) is 18.0 Å². The Bertz CT molecular complexity index is 323. The molecule has 0 atom stereocenters. The van der Waals surface area contributed by atoms with Crippen molar-refractivity contribution in [2.24, 2.45) is 11.1 Å². The molecule has 5 heteroatoms. The van der Waals surface area contributed by atoms with Gasteiger partial charge in [0, 0.05) is 6.54 Å². The van der Waals surface area contributed by atoms with Crippen LogP contribution in [0.15, 0.2) is 0 Å². The van der Waals surface area contributed by atoms with Gasteiger partial charge in [0.05, 0.1) is 10.4 Å². The molecule has 0 aromatic heterocycles. The van der Waals surface area contributed by atoms with E-state index in [9.17, 15) is 4.79 Å². The first-order chi connectivity index (χ1) is 9.56. The number of hydrogen-bond acceptors (Lipinski definition) is 3. The van der Waals surface area contributed by atoms with Gasteiger partial charge in [-0.3, -0.25) is 4.79 Å². The number of thiocarbonyl (C=S) groups is 1. The molecule has 0 saturated heterocycles. The summed E-state index contributed by atoms with van der Waals surface area (Å²) in [5, 5.41) is 3.04. The van der Waals surface area contributed by atoms with Gasteiger partial charge in [0.2, 0.25) is 5.91 Å². The van der Waals surface area contributed by atoms with E-state index in [1.165, 1.54) is 6.42 Å². The largest absolute Gasteiger partial charge is 0.392 e. The monoisotopic (exact) mass is 299 g/mol. The number of rotatable bonds is 8. The van der Waals surface area contributed by atoms with Crippen LogP contribution in [-0.2, 0) is 4.79 Å². The molecule has 1 fully saturated rings. The van der Waals surface area contributed by atoms with Crippen LogP contribution in [0.2, 0.25) is 0 Å². The maximum Gasteiger partial charge on any atom is 0.233 e. The molecule has 1 amide bonds. The number of nitrogens with two attached hydrogens (primary N) is 1. The molecule has 0 aromatic carbocycles. The third kappa shape index (κ3) is 4.42. The van der Waals surface area contributed by atoms with Crippen molar-refractivity contribution in [3.63, 3.8) is 0 Å². The second-order valence-corrected chi connectivity index (χ2v) is 6.08. The summed E-state index contributed by atoms with van der Waals surface area (Å²) in [6, 6.07) is 0. The Morgan fingerprint density at radius 1 is 1.25 bits per heavy atom. The molecule has 0 aliphatic heterocycles. The molecular formula is C15H29N3OS. The van der Waals surface area contributed by atoms with Crippen LogP contribution in [0, 0.1) is 5.41 Å². The van der Waals surface area contributed by atoms with Crippen molar-refractivity contribution >= 4 is 23.1 Å². The number of carbonyl (C=O) groups excluding carboxylic acids is 1. The first kappa shape index (κ1) is 17.4. The summed E-state index contributed by atoms with van der Waals surface area (Å²) in [6.45, 7) is 8.16. The van der Waals surface area contributed by atoms with E-state index in [-0.39, 0.29) is 5.91 Å². The normalized spacial score (nSPS) is 17.9. The number of nitrogens with zero attached hydrogens (tertiary/aromatic N) is 1. The highest BCUT2D eigenvalue weighted by Gasteiger charge is 2.41. The molecule has 4 nitrogen and oxygen atoms in total. The van der Waals surface area contributed by atoms with Crippen molar-refractivity contribution in [1.29, 1.82) is 0 Å². The minimum atomic E-state index is -0.581. The first-order valence-corrected chi connectivity index (χ1v) is 8.28. The molecule has 20 heavy (non-hydrogen) atoms. The molecule has 1 aliphatic rings. The second-order valence-electron chi connectivity index (χ2n) is 5.64. The third-order valence-corrected chi connectivity index (χ3v) is 4.84. The van der Waals surface area contributed by atoms with Gasteiger partial charge in [0.25, 0.3) is 0 Å². The predicted octanol–water partition coefficient (Wildman–Crippen LogP) is 2.07. The van der Waals surface area contributed by atoms with Gasteiger partial charge in [0.15, 0.2) is 0 Å². The molecule has 0 bridgehead atoms. The van der Waals surface area contributed by atoms with Gasteiger partial charge in [-0.15, -0.1) is 0 Å². The van der Waals surface area contributed by atoms with E-state index < -0.39 is 5.41 Å². The Morgan fingerprint density at radius 2 is 1.85 bits per heavy atom. The SMILES string of the molecule is CCN(CC)CCCNC(=O)C1(C(N)=S)CCCCC1. The predicted molar refractivity (Wildman–Crippen MR) is 87.7 cm³/mol. The van der Waals surface area contributed by atoms with E-state index in [1.54, 1.807) is 0 Å². The van der Waals surface area contributed by atoms with Crippen molar-refractivity contribution < 1.29 is 4.79 Å². The fourth-order valence-electron chi connectivity index (χ4n) is 2.95. The summed E-state index contributed by atoms with van der Waals surface area (Å²) in [5.74, 6) is 0.0456. The highest BCUT2D eigenvalue weighted by molar-refractivity contribution is 7.80. The van der Waals surface area contributed by atoms with Gasteiger partial charge in [-0.2, -0.15) is 0 Å². The van der Waals surface area contributed by atoms with Gasteiger partial charge < -0.3 is 16.0 Å². The second kappa shape index (κ2) is 8.57. The highest BCUT2D eigenvalue weighted by Crippen LogP contribution is 2.36. The van der Waals surface area contributed by atoms with Crippen molar-refractivity contribution in [1.82, 2.24) is 10.2 Å². The standard InChI is InChI=1S/C15H29N3OS/c1-3-18(4-2)12-8-11-17-14(19)15(13(16)20)9-6-5-7-10-15/h3-12H2,1-2H3,(H2,16,20)(H,17,19). The minimum absolute atomic E-state index is 0.0456. The molecule has 0 unspecified atom stereocenters. The molecule has 1 aliphatic carbocycles. The van der Waals surface area contributed by atoms with Crippen molar-refractivity contribution in [2.75, 3.05) is 26.2 Å². The van der Waals surface area contributed by atoms with E-state index in [0.29, 0.717) is 11.5 Å². The number of amides is 1. The lowest BCUT2D eigenvalue weighted by molar-refractivity contribution is -0.128. The van der Waals surface area contributed by atoms with E-state index in [2.05, 4.69) is 24.1 Å². The lowest BCUT2D eigenvalue weighted by Crippen LogP contribution is -2.50. The summed E-state index contributed by atoms with van der Waals surface area (Å²) >= 11 is 5.17. The Morgan fingerprint density at radius 3 is 2.35 bits per heavy atom. The average molecular weight is 299 g/mol.